The van der Waals surface area contributed by atoms with Crippen molar-refractivity contribution in [2.75, 3.05) is 13.2 Å². The van der Waals surface area contributed by atoms with Crippen LogP contribution in [0.1, 0.15) is 342 Å². The van der Waals surface area contributed by atoms with E-state index in [9.17, 15) is 14.4 Å². The number of carbonyl (C=O) groups is 3. The van der Waals surface area contributed by atoms with Gasteiger partial charge in [-0.2, -0.15) is 0 Å². The van der Waals surface area contributed by atoms with Crippen LogP contribution in [-0.2, 0) is 28.6 Å². The van der Waals surface area contributed by atoms with Crippen LogP contribution in [-0.4, -0.2) is 37.2 Å². The zero-order valence-corrected chi connectivity index (χ0v) is 51.2. The normalized spacial score (nSPS) is 12.5. The van der Waals surface area contributed by atoms with E-state index in [-0.39, 0.29) is 31.1 Å². The van der Waals surface area contributed by atoms with Crippen molar-refractivity contribution in [3.05, 3.63) is 72.9 Å². The van der Waals surface area contributed by atoms with Crippen molar-refractivity contribution in [3.8, 4) is 0 Å². The van der Waals surface area contributed by atoms with E-state index in [1.165, 1.54) is 205 Å². The fraction of sp³-hybridized carbons (Fsp3) is 0.789. The SMILES string of the molecule is CC/C=C\C/C=C\C/C=C\C/C=C\C/C=C\C/C=C\CCCCCCCCCCCCCCCCC(=O)OCC(COC(=O)CCCCCCCCC)OC(=O)CCCCCCCCCCCCCCCCCCCCC. The molecule has 0 heterocycles. The first-order valence-electron chi connectivity index (χ1n) is 33.4. The zero-order valence-electron chi connectivity index (χ0n) is 51.2. The lowest BCUT2D eigenvalue weighted by molar-refractivity contribution is -0.167. The molecule has 0 saturated carbocycles. The summed E-state index contributed by atoms with van der Waals surface area (Å²) in [5, 5.41) is 0. The smallest absolute Gasteiger partial charge is 0.306 e. The molecule has 0 bridgehead atoms. The van der Waals surface area contributed by atoms with E-state index in [0.29, 0.717) is 19.3 Å². The third-order valence-corrected chi connectivity index (χ3v) is 14.7. The van der Waals surface area contributed by atoms with Gasteiger partial charge in [-0.15, -0.1) is 0 Å². The number of hydrogen-bond donors (Lipinski definition) is 0. The maximum absolute atomic E-state index is 12.9. The van der Waals surface area contributed by atoms with Crippen LogP contribution < -0.4 is 0 Å². The minimum atomic E-state index is -0.769. The van der Waals surface area contributed by atoms with Crippen LogP contribution in [0.25, 0.3) is 0 Å². The Balaban J connectivity index is 4.04. The molecule has 0 N–H and O–H groups in total. The van der Waals surface area contributed by atoms with Crippen LogP contribution in [0.5, 0.6) is 0 Å². The standard InChI is InChI=1S/C71H126O6/c1-4-7-10-13-16-18-20-22-24-26-28-29-30-31-32-33-34-35-36-37-38-39-40-41-43-44-46-48-50-52-55-58-61-64-70(73)76-67-68(66-75-69(72)63-60-57-54-15-12-9-6-3)77-71(74)65-62-59-56-53-51-49-47-45-42-27-25-23-21-19-17-14-11-8-5-2/h7,10,16,18,22,24,28-29,31-32,34-35,68H,4-6,8-9,11-15,17,19-21,23,25-27,30,33,36-67H2,1-3H3/b10-7-,18-16-,24-22-,29-28-,32-31-,35-34-. The van der Waals surface area contributed by atoms with Crippen LogP contribution in [0.4, 0.5) is 0 Å². The number of ether oxygens (including phenoxy) is 3. The van der Waals surface area contributed by atoms with Crippen LogP contribution in [0.3, 0.4) is 0 Å². The molecular formula is C71H126O6. The Kier molecular flexibility index (Phi) is 62.7. The molecule has 446 valence electrons. The van der Waals surface area contributed by atoms with Crippen molar-refractivity contribution >= 4 is 17.9 Å². The molecule has 0 radical (unpaired) electrons. The maximum Gasteiger partial charge on any atom is 0.306 e. The van der Waals surface area contributed by atoms with Gasteiger partial charge in [-0.05, 0) is 70.6 Å². The summed E-state index contributed by atoms with van der Waals surface area (Å²) in [6.45, 7) is 6.53. The molecule has 0 saturated heterocycles. The van der Waals surface area contributed by atoms with Crippen molar-refractivity contribution in [2.45, 2.75) is 348 Å². The second-order valence-electron chi connectivity index (χ2n) is 22.4. The average Bonchev–Trinajstić information content (AvgIpc) is 3.43. The number of hydrogen-bond acceptors (Lipinski definition) is 6. The molecule has 0 aromatic heterocycles. The molecule has 1 unspecified atom stereocenters. The summed E-state index contributed by atoms with van der Waals surface area (Å²) >= 11 is 0. The Labute approximate surface area is 478 Å². The number of carbonyl (C=O) groups excluding carboxylic acids is 3. The number of esters is 3. The van der Waals surface area contributed by atoms with Gasteiger partial charge >= 0.3 is 17.9 Å². The van der Waals surface area contributed by atoms with Gasteiger partial charge in [0.05, 0.1) is 0 Å². The van der Waals surface area contributed by atoms with Gasteiger partial charge in [0, 0.05) is 19.3 Å². The van der Waals surface area contributed by atoms with E-state index in [0.717, 1.165) is 96.3 Å². The third kappa shape index (κ3) is 63.6. The summed E-state index contributed by atoms with van der Waals surface area (Å²) in [6, 6.07) is 0. The van der Waals surface area contributed by atoms with Gasteiger partial charge in [0.15, 0.2) is 6.10 Å². The summed E-state index contributed by atoms with van der Waals surface area (Å²) < 4.78 is 16.9. The molecule has 0 rings (SSSR count). The maximum atomic E-state index is 12.9. The quantitative estimate of drug-likeness (QED) is 0.0261. The number of rotatable bonds is 61. The fourth-order valence-electron chi connectivity index (χ4n) is 9.74. The lowest BCUT2D eigenvalue weighted by atomic mass is 10.0. The molecule has 6 heteroatoms. The first-order valence-corrected chi connectivity index (χ1v) is 33.4. The minimum absolute atomic E-state index is 0.0696. The van der Waals surface area contributed by atoms with Gasteiger partial charge in [0.2, 0.25) is 0 Å². The molecule has 0 amide bonds. The van der Waals surface area contributed by atoms with Crippen molar-refractivity contribution in [3.63, 3.8) is 0 Å². The van der Waals surface area contributed by atoms with Gasteiger partial charge in [-0.25, -0.2) is 0 Å². The highest BCUT2D eigenvalue weighted by molar-refractivity contribution is 5.71. The summed E-state index contributed by atoms with van der Waals surface area (Å²) in [4.78, 5) is 38.1. The fourth-order valence-corrected chi connectivity index (χ4v) is 9.74. The van der Waals surface area contributed by atoms with Crippen molar-refractivity contribution in [2.24, 2.45) is 0 Å². The highest BCUT2D eigenvalue weighted by Crippen LogP contribution is 2.18. The van der Waals surface area contributed by atoms with Gasteiger partial charge in [0.25, 0.3) is 0 Å². The largest absolute Gasteiger partial charge is 0.462 e. The molecular weight excluding hydrogens is 949 g/mol. The van der Waals surface area contributed by atoms with Crippen LogP contribution in [0.15, 0.2) is 72.9 Å². The second kappa shape index (κ2) is 65.4. The van der Waals surface area contributed by atoms with Gasteiger partial charge < -0.3 is 14.2 Å². The Hall–Kier alpha value is -3.15. The second-order valence-corrected chi connectivity index (χ2v) is 22.4. The van der Waals surface area contributed by atoms with E-state index >= 15 is 0 Å². The van der Waals surface area contributed by atoms with E-state index in [2.05, 4.69) is 93.7 Å². The lowest BCUT2D eigenvalue weighted by Crippen LogP contribution is -2.30. The predicted molar refractivity (Wildman–Crippen MR) is 335 cm³/mol. The molecule has 0 fully saturated rings. The highest BCUT2D eigenvalue weighted by Gasteiger charge is 2.19. The minimum Gasteiger partial charge on any atom is -0.462 e. The zero-order chi connectivity index (χ0) is 55.7. The van der Waals surface area contributed by atoms with Gasteiger partial charge in [-0.1, -0.05) is 325 Å². The average molecular weight is 1080 g/mol. The topological polar surface area (TPSA) is 78.9 Å². The summed E-state index contributed by atoms with van der Waals surface area (Å²) in [5.74, 6) is -0.858. The first-order chi connectivity index (χ1) is 38.0. The molecule has 0 aromatic carbocycles. The van der Waals surface area contributed by atoms with E-state index < -0.39 is 6.10 Å². The van der Waals surface area contributed by atoms with Gasteiger partial charge in [0.1, 0.15) is 13.2 Å². The first kappa shape index (κ1) is 73.8. The Morgan fingerprint density at radius 2 is 0.506 bits per heavy atom. The van der Waals surface area contributed by atoms with Crippen molar-refractivity contribution in [1.82, 2.24) is 0 Å². The molecule has 1 atom stereocenters. The van der Waals surface area contributed by atoms with Crippen LogP contribution in [0.2, 0.25) is 0 Å². The number of allylic oxidation sites excluding steroid dienone is 12. The van der Waals surface area contributed by atoms with Crippen molar-refractivity contribution < 1.29 is 28.6 Å². The lowest BCUT2D eigenvalue weighted by Gasteiger charge is -2.18. The molecule has 0 aromatic rings. The Morgan fingerprint density at radius 3 is 0.792 bits per heavy atom. The molecule has 77 heavy (non-hydrogen) atoms. The molecule has 6 nitrogen and oxygen atoms in total. The monoisotopic (exact) mass is 1070 g/mol. The van der Waals surface area contributed by atoms with E-state index in [1.54, 1.807) is 0 Å². The third-order valence-electron chi connectivity index (χ3n) is 14.7. The van der Waals surface area contributed by atoms with Gasteiger partial charge in [-0.3, -0.25) is 14.4 Å². The molecule has 0 spiro atoms. The van der Waals surface area contributed by atoms with Crippen LogP contribution >= 0.6 is 0 Å². The highest BCUT2D eigenvalue weighted by atomic mass is 16.6. The predicted octanol–water partition coefficient (Wildman–Crippen LogP) is 22.9. The molecule has 0 aliphatic carbocycles. The van der Waals surface area contributed by atoms with E-state index in [4.69, 9.17) is 14.2 Å². The molecule has 0 aliphatic heterocycles. The Bertz CT molecular complexity index is 1420. The van der Waals surface area contributed by atoms with E-state index in [1.807, 2.05) is 0 Å². The van der Waals surface area contributed by atoms with Crippen LogP contribution in [0, 0.1) is 0 Å². The molecule has 0 aliphatic rings. The summed E-state index contributed by atoms with van der Waals surface area (Å²) in [7, 11) is 0. The van der Waals surface area contributed by atoms with Crippen molar-refractivity contribution in [1.29, 1.82) is 0 Å². The Morgan fingerprint density at radius 1 is 0.273 bits per heavy atom. The summed E-state index contributed by atoms with van der Waals surface area (Å²) in [5.41, 5.74) is 0. The number of unbranched alkanes of at least 4 members (excludes halogenated alkanes) is 38. The summed E-state index contributed by atoms with van der Waals surface area (Å²) in [6.07, 6.45) is 85.2.